The van der Waals surface area contributed by atoms with Crippen LogP contribution in [0.5, 0.6) is 0 Å². The molecule has 0 aliphatic carbocycles. The Morgan fingerprint density at radius 3 is 2.52 bits per heavy atom. The maximum Gasteiger partial charge on any atom is 0.253 e. The van der Waals surface area contributed by atoms with Crippen molar-refractivity contribution in [1.82, 2.24) is 9.80 Å². The number of likely N-dealkylation sites (tertiary alicyclic amines) is 1. The topological polar surface area (TPSA) is 90.4 Å². The highest BCUT2D eigenvalue weighted by molar-refractivity contribution is 9.09. The number of halogens is 2. The highest BCUT2D eigenvalue weighted by Crippen LogP contribution is 2.61. The first-order valence-electron chi connectivity index (χ1n) is 14.9. The summed E-state index contributed by atoms with van der Waals surface area (Å²) in [5, 5.41) is 11.0. The predicted octanol–water partition coefficient (Wildman–Crippen LogP) is 4.75. The quantitative estimate of drug-likeness (QED) is 0.243. The van der Waals surface area contributed by atoms with E-state index in [1.165, 1.54) is 0 Å². The number of aryl methyl sites for hydroxylation is 1. The second kappa shape index (κ2) is 13.2. The van der Waals surface area contributed by atoms with Gasteiger partial charge in [0.1, 0.15) is 11.6 Å². The molecule has 3 fully saturated rings. The number of amides is 3. The van der Waals surface area contributed by atoms with Gasteiger partial charge in [0, 0.05) is 24.5 Å². The molecule has 1 N–H and O–H groups in total. The fourth-order valence-corrected chi connectivity index (χ4v) is 8.53. The molecule has 8 nitrogen and oxygen atoms in total. The third kappa shape index (κ3) is 5.24. The summed E-state index contributed by atoms with van der Waals surface area (Å²) in [7, 11) is 0. The van der Waals surface area contributed by atoms with Gasteiger partial charge in [0.25, 0.3) is 5.91 Å². The Morgan fingerprint density at radius 2 is 1.95 bits per heavy atom. The van der Waals surface area contributed by atoms with Crippen LogP contribution in [0.4, 0.5) is 5.69 Å². The van der Waals surface area contributed by atoms with Crippen LogP contribution in [0.3, 0.4) is 0 Å². The van der Waals surface area contributed by atoms with Crippen molar-refractivity contribution in [2.24, 2.45) is 17.8 Å². The van der Waals surface area contributed by atoms with Crippen molar-refractivity contribution in [1.29, 1.82) is 0 Å². The molecular formula is C32H43BrClN3O5. The van der Waals surface area contributed by atoms with E-state index in [-0.39, 0.29) is 41.6 Å². The van der Waals surface area contributed by atoms with Gasteiger partial charge < -0.3 is 24.5 Å². The third-order valence-electron chi connectivity index (χ3n) is 9.28. The zero-order valence-corrected chi connectivity index (χ0v) is 27.3. The van der Waals surface area contributed by atoms with Crippen LogP contribution in [0.2, 0.25) is 5.02 Å². The number of ether oxygens (including phenoxy) is 1. The van der Waals surface area contributed by atoms with Crippen LogP contribution in [0.25, 0.3) is 0 Å². The Balaban J connectivity index is 1.90. The second-order valence-electron chi connectivity index (χ2n) is 11.8. The molecule has 2 bridgehead atoms. The molecule has 42 heavy (non-hydrogen) atoms. The number of aliphatic hydroxyl groups excluding tert-OH is 1. The number of alkyl halides is 1. The Hall–Kier alpha value is -2.20. The number of hydrogen-bond acceptors (Lipinski definition) is 5. The lowest BCUT2D eigenvalue weighted by Crippen LogP contribution is -2.60. The minimum Gasteiger partial charge on any atom is -0.394 e. The molecule has 3 heterocycles. The maximum atomic E-state index is 14.9. The van der Waals surface area contributed by atoms with Crippen LogP contribution >= 0.6 is 27.5 Å². The standard InChI is InChI=1S/C32H43BrClN3O5/c1-7-14-35(15-8-2)29(39)24-25-30(40)37(23(18-38)19(5)10-4)28(32(25)17-21(33)27(24)42-32)31(41)36(16-9-3)26-20(6)12-11-13-22(26)34/h7,9,11-13,19,21,23-25,27-28,38H,1,3,8,10,14-18H2,2,4-6H3/t19-,21?,23-,24-,25-,27-,28?,32?/m0/s1. The van der Waals surface area contributed by atoms with E-state index in [2.05, 4.69) is 29.1 Å². The van der Waals surface area contributed by atoms with Gasteiger partial charge in [0.15, 0.2) is 0 Å². The number of nitrogens with zero attached hydrogens (tertiary/aromatic N) is 3. The van der Waals surface area contributed by atoms with Gasteiger partial charge in [0.05, 0.1) is 41.3 Å². The summed E-state index contributed by atoms with van der Waals surface area (Å²) in [5.74, 6) is -2.60. The van der Waals surface area contributed by atoms with E-state index in [1.54, 1.807) is 32.9 Å². The number of anilines is 1. The lowest BCUT2D eigenvalue weighted by Gasteiger charge is -2.41. The Labute approximate surface area is 262 Å². The van der Waals surface area contributed by atoms with Gasteiger partial charge in [-0.3, -0.25) is 14.4 Å². The molecule has 230 valence electrons. The van der Waals surface area contributed by atoms with Gasteiger partial charge in [-0.1, -0.05) is 79.0 Å². The Kier molecular flexibility index (Phi) is 10.3. The fraction of sp³-hybridized carbons (Fsp3) is 0.594. The molecule has 3 aliphatic heterocycles. The number of carbonyl (C=O) groups is 3. The number of carbonyl (C=O) groups excluding carboxylic acids is 3. The van der Waals surface area contributed by atoms with Gasteiger partial charge >= 0.3 is 0 Å². The lowest BCUT2D eigenvalue weighted by atomic mass is 9.70. The van der Waals surface area contributed by atoms with E-state index in [4.69, 9.17) is 16.3 Å². The zero-order chi connectivity index (χ0) is 30.9. The van der Waals surface area contributed by atoms with Gasteiger partial charge in [0.2, 0.25) is 11.8 Å². The lowest BCUT2D eigenvalue weighted by molar-refractivity contribution is -0.148. The van der Waals surface area contributed by atoms with E-state index in [0.29, 0.717) is 36.6 Å². The summed E-state index contributed by atoms with van der Waals surface area (Å²) in [5.41, 5.74) is 0.0801. The van der Waals surface area contributed by atoms with Crippen molar-refractivity contribution in [2.45, 2.75) is 75.6 Å². The molecule has 4 rings (SSSR count). The molecule has 3 unspecified atom stereocenters. The van der Waals surface area contributed by atoms with Crippen molar-refractivity contribution < 1.29 is 24.2 Å². The van der Waals surface area contributed by atoms with Gasteiger partial charge in [-0.15, -0.1) is 13.2 Å². The molecule has 3 aliphatic rings. The molecule has 8 atom stereocenters. The fourth-order valence-electron chi connectivity index (χ4n) is 7.26. The van der Waals surface area contributed by atoms with Gasteiger partial charge in [-0.25, -0.2) is 0 Å². The monoisotopic (exact) mass is 663 g/mol. The van der Waals surface area contributed by atoms with Crippen molar-refractivity contribution >= 4 is 50.9 Å². The van der Waals surface area contributed by atoms with E-state index >= 15 is 0 Å². The normalized spacial score (nSPS) is 29.3. The Morgan fingerprint density at radius 1 is 1.26 bits per heavy atom. The largest absolute Gasteiger partial charge is 0.394 e. The summed E-state index contributed by atoms with van der Waals surface area (Å²) in [6.07, 6.45) is 4.55. The van der Waals surface area contributed by atoms with Crippen LogP contribution in [0.1, 0.15) is 45.6 Å². The van der Waals surface area contributed by atoms with Crippen molar-refractivity contribution in [3.8, 4) is 0 Å². The highest BCUT2D eigenvalue weighted by Gasteiger charge is 2.77. The zero-order valence-electron chi connectivity index (χ0n) is 25.0. The number of hydrogen-bond donors (Lipinski definition) is 1. The van der Waals surface area contributed by atoms with Crippen LogP contribution < -0.4 is 4.90 Å². The highest BCUT2D eigenvalue weighted by atomic mass is 79.9. The molecule has 0 saturated carbocycles. The molecule has 1 aromatic carbocycles. The average Bonchev–Trinajstić information content (AvgIpc) is 3.55. The molecule has 3 saturated heterocycles. The molecular weight excluding hydrogens is 622 g/mol. The molecule has 1 aromatic rings. The summed E-state index contributed by atoms with van der Waals surface area (Å²) >= 11 is 10.4. The van der Waals surface area contributed by atoms with Crippen molar-refractivity contribution in [3.05, 3.63) is 54.1 Å². The molecule has 1 spiro atoms. The number of rotatable bonds is 13. The minimum atomic E-state index is -1.26. The summed E-state index contributed by atoms with van der Waals surface area (Å²) < 4.78 is 6.73. The smallest absolute Gasteiger partial charge is 0.253 e. The SMILES string of the molecule is C=CCN(CCC)C(=O)[C@H]1[C@H]2C(=O)N([C@@H](CO)[C@@H](C)CC)C(C(=O)N(CC=C)c3c(C)cccc3Cl)C23CC(Br)[C@@H]1O3. The molecule has 10 heteroatoms. The van der Waals surface area contributed by atoms with E-state index in [0.717, 1.165) is 12.0 Å². The summed E-state index contributed by atoms with van der Waals surface area (Å²) in [6.45, 7) is 16.2. The first-order chi connectivity index (χ1) is 20.0. The minimum absolute atomic E-state index is 0.108. The van der Waals surface area contributed by atoms with Crippen LogP contribution in [-0.2, 0) is 19.1 Å². The number of aliphatic hydroxyl groups is 1. The average molecular weight is 665 g/mol. The van der Waals surface area contributed by atoms with E-state index in [1.807, 2.05) is 39.8 Å². The van der Waals surface area contributed by atoms with Crippen LogP contribution in [0, 0.1) is 24.7 Å². The number of para-hydroxylation sites is 1. The third-order valence-corrected chi connectivity index (χ3v) is 10.4. The van der Waals surface area contributed by atoms with Crippen molar-refractivity contribution in [3.63, 3.8) is 0 Å². The van der Waals surface area contributed by atoms with Gasteiger partial charge in [-0.05, 0) is 37.3 Å². The second-order valence-corrected chi connectivity index (χ2v) is 13.3. The predicted molar refractivity (Wildman–Crippen MR) is 169 cm³/mol. The number of benzene rings is 1. The maximum absolute atomic E-state index is 14.9. The number of fused-ring (bicyclic) bond motifs is 1. The Bertz CT molecular complexity index is 1210. The summed E-state index contributed by atoms with van der Waals surface area (Å²) in [6, 6.07) is 3.72. The first kappa shape index (κ1) is 32.7. The first-order valence-corrected chi connectivity index (χ1v) is 16.2. The van der Waals surface area contributed by atoms with Crippen LogP contribution in [-0.4, -0.2) is 87.5 Å². The van der Waals surface area contributed by atoms with Crippen molar-refractivity contribution in [2.75, 3.05) is 31.1 Å². The van der Waals surface area contributed by atoms with Gasteiger partial charge in [-0.2, -0.15) is 0 Å². The van der Waals surface area contributed by atoms with E-state index < -0.39 is 35.6 Å². The summed E-state index contributed by atoms with van der Waals surface area (Å²) in [4.78, 5) is 48.3. The molecule has 3 amide bonds. The molecule has 0 aromatic heterocycles. The van der Waals surface area contributed by atoms with E-state index in [9.17, 15) is 19.5 Å². The molecule has 0 radical (unpaired) electrons. The van der Waals surface area contributed by atoms with Crippen LogP contribution in [0.15, 0.2) is 43.5 Å².